The molecule has 2 aromatic carbocycles. The van der Waals surface area contributed by atoms with Gasteiger partial charge in [-0.3, -0.25) is 8.97 Å². The van der Waals surface area contributed by atoms with E-state index >= 15 is 0 Å². The van der Waals surface area contributed by atoms with Crippen molar-refractivity contribution >= 4 is 33.1 Å². The third-order valence-corrected chi connectivity index (χ3v) is 8.06. The summed E-state index contributed by atoms with van der Waals surface area (Å²) in [5, 5.41) is 2.36. The van der Waals surface area contributed by atoms with Crippen molar-refractivity contribution in [1.82, 2.24) is 23.8 Å². The molecule has 7 rings (SSSR count). The summed E-state index contributed by atoms with van der Waals surface area (Å²) in [5.74, 6) is 2.42. The lowest BCUT2D eigenvalue weighted by molar-refractivity contribution is 0.478. The van der Waals surface area contributed by atoms with Gasteiger partial charge in [-0.25, -0.2) is 9.97 Å². The number of pyridine rings is 2. The number of ether oxygens (including phenoxy) is 1. The van der Waals surface area contributed by atoms with Crippen LogP contribution in [0.25, 0.3) is 33.3 Å². The molecule has 0 atom stereocenters. The normalized spacial score (nSPS) is 13.8. The minimum Gasteiger partial charge on any atom is -0.456 e. The molecule has 0 amide bonds. The molecule has 0 saturated heterocycles. The Labute approximate surface area is 239 Å². The van der Waals surface area contributed by atoms with Crippen LogP contribution in [-0.4, -0.2) is 37.6 Å². The predicted octanol–water partition coefficient (Wildman–Crippen LogP) is 7.71. The van der Waals surface area contributed by atoms with Crippen molar-refractivity contribution in [2.24, 2.45) is 0 Å². The largest absolute Gasteiger partial charge is 0.456 e. The van der Waals surface area contributed by atoms with E-state index in [0.29, 0.717) is 0 Å². The molecule has 5 heterocycles. The Kier molecular flexibility index (Phi) is 5.61. The molecule has 6 aromatic rings. The fraction of sp³-hybridized carbons (Fsp3) is 0.235. The maximum Gasteiger partial charge on any atom is 0.161 e. The van der Waals surface area contributed by atoms with Crippen molar-refractivity contribution < 1.29 is 4.74 Å². The summed E-state index contributed by atoms with van der Waals surface area (Å²) in [6, 6.07) is 21.2. The van der Waals surface area contributed by atoms with Crippen LogP contribution in [0.2, 0.25) is 0 Å². The number of rotatable bonds is 4. The first-order valence-corrected chi connectivity index (χ1v) is 14.0. The number of nitrogens with zero attached hydrogens (tertiary/aromatic N) is 6. The number of hydrogen-bond donors (Lipinski definition) is 0. The molecule has 0 aliphatic carbocycles. The molecule has 0 unspecified atom stereocenters. The van der Waals surface area contributed by atoms with E-state index in [0.717, 1.165) is 57.7 Å². The highest BCUT2D eigenvalue weighted by molar-refractivity contribution is 6.09. The van der Waals surface area contributed by atoms with Gasteiger partial charge in [-0.05, 0) is 55.2 Å². The number of hydrogen-bond acceptors (Lipinski definition) is 5. The molecule has 7 nitrogen and oxygen atoms in total. The van der Waals surface area contributed by atoms with Crippen LogP contribution in [0.4, 0.5) is 5.69 Å². The van der Waals surface area contributed by atoms with Crippen LogP contribution < -0.4 is 9.64 Å². The molecular formula is C34H34N6O. The summed E-state index contributed by atoms with van der Waals surface area (Å²) < 4.78 is 11.0. The Hall–Kier alpha value is -4.78. The lowest BCUT2D eigenvalue weighted by Gasteiger charge is -2.20. The van der Waals surface area contributed by atoms with Gasteiger partial charge in [-0.2, -0.15) is 0 Å². The summed E-state index contributed by atoms with van der Waals surface area (Å²) >= 11 is 0. The second-order valence-corrected chi connectivity index (χ2v) is 12.0. The Morgan fingerprint density at radius 2 is 1.66 bits per heavy atom. The third kappa shape index (κ3) is 4.20. The van der Waals surface area contributed by atoms with Crippen molar-refractivity contribution in [3.63, 3.8) is 0 Å². The van der Waals surface area contributed by atoms with E-state index in [-0.39, 0.29) is 5.41 Å². The average Bonchev–Trinajstić information content (AvgIpc) is 3.61. The number of fused-ring (bicyclic) bond motifs is 4. The zero-order valence-electron chi connectivity index (χ0n) is 24.4. The van der Waals surface area contributed by atoms with Gasteiger partial charge in [0.2, 0.25) is 0 Å². The standard InChI is InChI=1S/C34H34N6O/c1-22-23(2)39-20-26(19-31(33(39)36-22)38-16-15-37(6)21-38)41-25-11-12-28-27-9-7-8-10-29(27)40(30(28)18-25)32-17-24(13-14-35-32)34(3,4)5/h7-20H,21H2,1-6H3. The molecule has 0 N–H and O–H groups in total. The summed E-state index contributed by atoms with van der Waals surface area (Å²) in [5.41, 5.74) is 7.49. The lowest BCUT2D eigenvalue weighted by Crippen LogP contribution is -2.22. The number of anilines is 1. The van der Waals surface area contributed by atoms with E-state index in [4.69, 9.17) is 14.7 Å². The number of aryl methyl sites for hydroxylation is 2. The summed E-state index contributed by atoms with van der Waals surface area (Å²) in [7, 11) is 2.07. The maximum absolute atomic E-state index is 6.60. The molecule has 1 aliphatic rings. The van der Waals surface area contributed by atoms with Crippen molar-refractivity contribution in [2.75, 3.05) is 18.6 Å². The van der Waals surface area contributed by atoms with Crippen molar-refractivity contribution in [3.05, 3.63) is 102 Å². The molecule has 206 valence electrons. The Morgan fingerprint density at radius 1 is 0.854 bits per heavy atom. The molecule has 0 bridgehead atoms. The minimum atomic E-state index is 0.0181. The molecule has 1 aliphatic heterocycles. The van der Waals surface area contributed by atoms with Crippen molar-refractivity contribution in [3.8, 4) is 17.3 Å². The molecule has 0 radical (unpaired) electrons. The highest BCUT2D eigenvalue weighted by Gasteiger charge is 2.21. The zero-order valence-corrected chi connectivity index (χ0v) is 24.4. The van der Waals surface area contributed by atoms with Gasteiger partial charge in [-0.1, -0.05) is 39.0 Å². The quantitative estimate of drug-likeness (QED) is 0.228. The van der Waals surface area contributed by atoms with E-state index in [1.807, 2.05) is 19.3 Å². The molecule has 0 spiro atoms. The number of benzene rings is 2. The summed E-state index contributed by atoms with van der Waals surface area (Å²) in [6.07, 6.45) is 8.10. The highest BCUT2D eigenvalue weighted by atomic mass is 16.5. The van der Waals surface area contributed by atoms with E-state index < -0.39 is 0 Å². The fourth-order valence-electron chi connectivity index (χ4n) is 5.69. The van der Waals surface area contributed by atoms with E-state index in [1.54, 1.807) is 0 Å². The van der Waals surface area contributed by atoms with Crippen LogP contribution >= 0.6 is 0 Å². The summed E-state index contributed by atoms with van der Waals surface area (Å²) in [6.45, 7) is 11.6. The zero-order chi connectivity index (χ0) is 28.5. The summed E-state index contributed by atoms with van der Waals surface area (Å²) in [4.78, 5) is 14.0. The first-order valence-electron chi connectivity index (χ1n) is 14.0. The Bertz CT molecular complexity index is 1990. The van der Waals surface area contributed by atoms with Gasteiger partial charge >= 0.3 is 0 Å². The van der Waals surface area contributed by atoms with Gasteiger partial charge in [-0.15, -0.1) is 0 Å². The van der Waals surface area contributed by atoms with Gasteiger partial charge in [0.1, 0.15) is 17.3 Å². The topological polar surface area (TPSA) is 50.8 Å². The van der Waals surface area contributed by atoms with Crippen molar-refractivity contribution in [1.29, 1.82) is 0 Å². The van der Waals surface area contributed by atoms with Gasteiger partial charge < -0.3 is 14.5 Å². The van der Waals surface area contributed by atoms with Gasteiger partial charge in [0.15, 0.2) is 5.65 Å². The maximum atomic E-state index is 6.60. The molecule has 7 heteroatoms. The Balaban J connectivity index is 1.37. The first kappa shape index (κ1) is 25.2. The molecule has 4 aromatic heterocycles. The van der Waals surface area contributed by atoms with E-state index in [9.17, 15) is 0 Å². The molecular weight excluding hydrogens is 508 g/mol. The van der Waals surface area contributed by atoms with Crippen LogP contribution in [0.3, 0.4) is 0 Å². The predicted molar refractivity (Wildman–Crippen MR) is 166 cm³/mol. The number of para-hydroxylation sites is 1. The highest BCUT2D eigenvalue weighted by Crippen LogP contribution is 2.37. The average molecular weight is 543 g/mol. The van der Waals surface area contributed by atoms with E-state index in [1.165, 1.54) is 16.3 Å². The fourth-order valence-corrected chi connectivity index (χ4v) is 5.69. The second-order valence-electron chi connectivity index (χ2n) is 12.0. The minimum absolute atomic E-state index is 0.0181. The molecule has 0 saturated carbocycles. The smallest absolute Gasteiger partial charge is 0.161 e. The SMILES string of the molecule is Cc1nc2c(N3C=CN(C)C3)cc(Oc3ccc4c5ccccc5n(-c5cc(C(C)(C)C)ccn5)c4c3)cn2c1C. The first-order chi connectivity index (χ1) is 19.7. The number of imidazole rings is 1. The van der Waals surface area contributed by atoms with Gasteiger partial charge in [0, 0.05) is 54.2 Å². The van der Waals surface area contributed by atoms with Crippen LogP contribution in [0.1, 0.15) is 37.7 Å². The monoisotopic (exact) mass is 542 g/mol. The molecule has 41 heavy (non-hydrogen) atoms. The van der Waals surface area contributed by atoms with Crippen LogP contribution in [0.15, 0.2) is 85.5 Å². The number of aromatic nitrogens is 4. The van der Waals surface area contributed by atoms with E-state index in [2.05, 4.69) is 127 Å². The lowest BCUT2D eigenvalue weighted by atomic mass is 9.88. The third-order valence-electron chi connectivity index (χ3n) is 8.06. The van der Waals surface area contributed by atoms with Crippen LogP contribution in [0, 0.1) is 13.8 Å². The van der Waals surface area contributed by atoms with Crippen molar-refractivity contribution in [2.45, 2.75) is 40.0 Å². The van der Waals surface area contributed by atoms with Gasteiger partial charge in [0.05, 0.1) is 35.3 Å². The second kappa shape index (κ2) is 9.13. The van der Waals surface area contributed by atoms with Crippen LogP contribution in [-0.2, 0) is 5.41 Å². The van der Waals surface area contributed by atoms with Crippen LogP contribution in [0.5, 0.6) is 11.5 Å². The van der Waals surface area contributed by atoms with Gasteiger partial charge in [0.25, 0.3) is 0 Å². The molecule has 0 fully saturated rings. The Morgan fingerprint density at radius 3 is 2.44 bits per heavy atom.